The lowest BCUT2D eigenvalue weighted by molar-refractivity contribution is -0.144. The summed E-state index contributed by atoms with van der Waals surface area (Å²) in [4.78, 5) is 12.2. The Labute approximate surface area is 124 Å². The fourth-order valence-electron chi connectivity index (χ4n) is 2.17. The molecule has 0 amide bonds. The van der Waals surface area contributed by atoms with Crippen LogP contribution in [0.5, 0.6) is 0 Å². The highest BCUT2D eigenvalue weighted by molar-refractivity contribution is 6.31. The molecule has 2 aromatic carbocycles. The van der Waals surface area contributed by atoms with Crippen LogP contribution < -0.4 is 0 Å². The van der Waals surface area contributed by atoms with E-state index in [9.17, 15) is 4.79 Å². The van der Waals surface area contributed by atoms with Gasteiger partial charge in [-0.25, -0.2) is 0 Å². The lowest BCUT2D eigenvalue weighted by Crippen LogP contribution is -2.18. The Morgan fingerprint density at radius 1 is 1.10 bits per heavy atom. The van der Waals surface area contributed by atoms with Gasteiger partial charge in [0.05, 0.1) is 12.5 Å². The standard InChI is InChI=1S/C17H17ClO2/c1-2-20-17(19)15(12-13-8-4-3-5-9-13)14-10-6-7-11-16(14)18/h3-11,15H,2,12H2,1H3. The molecule has 1 unspecified atom stereocenters. The second kappa shape index (κ2) is 7.11. The highest BCUT2D eigenvalue weighted by Gasteiger charge is 2.24. The number of rotatable bonds is 5. The Morgan fingerprint density at radius 3 is 2.40 bits per heavy atom. The Bertz CT molecular complexity index is 566. The van der Waals surface area contributed by atoms with Crippen molar-refractivity contribution in [2.45, 2.75) is 19.3 Å². The van der Waals surface area contributed by atoms with E-state index >= 15 is 0 Å². The Balaban J connectivity index is 2.30. The van der Waals surface area contributed by atoms with Gasteiger partial charge < -0.3 is 4.74 Å². The predicted octanol–water partition coefficient (Wildman–Crippen LogP) is 4.23. The first-order valence-electron chi connectivity index (χ1n) is 6.67. The minimum atomic E-state index is -0.369. The molecule has 3 heteroatoms. The van der Waals surface area contributed by atoms with Crippen LogP contribution in [-0.2, 0) is 16.0 Å². The second-order valence-corrected chi connectivity index (χ2v) is 4.92. The van der Waals surface area contributed by atoms with Crippen LogP contribution in [0.15, 0.2) is 54.6 Å². The van der Waals surface area contributed by atoms with Gasteiger partial charge in [-0.3, -0.25) is 4.79 Å². The van der Waals surface area contributed by atoms with Gasteiger partial charge in [-0.05, 0) is 30.5 Å². The van der Waals surface area contributed by atoms with E-state index in [1.165, 1.54) is 0 Å². The molecule has 0 radical (unpaired) electrons. The molecule has 0 N–H and O–H groups in total. The summed E-state index contributed by atoms with van der Waals surface area (Å²) in [7, 11) is 0. The van der Waals surface area contributed by atoms with Crippen LogP contribution in [0.3, 0.4) is 0 Å². The van der Waals surface area contributed by atoms with Crippen molar-refractivity contribution in [2.75, 3.05) is 6.61 Å². The third kappa shape index (κ3) is 3.61. The molecule has 0 aromatic heterocycles. The van der Waals surface area contributed by atoms with Gasteiger partial charge in [0.2, 0.25) is 0 Å². The number of carbonyl (C=O) groups is 1. The molecule has 0 spiro atoms. The normalized spacial score (nSPS) is 11.9. The lowest BCUT2D eigenvalue weighted by Gasteiger charge is -2.17. The average Bonchev–Trinajstić information content (AvgIpc) is 2.47. The van der Waals surface area contributed by atoms with E-state index in [2.05, 4.69) is 0 Å². The third-order valence-electron chi connectivity index (χ3n) is 3.13. The maximum Gasteiger partial charge on any atom is 0.313 e. The van der Waals surface area contributed by atoms with Crippen LogP contribution in [0.25, 0.3) is 0 Å². The molecular formula is C17H17ClO2. The van der Waals surface area contributed by atoms with E-state index in [0.29, 0.717) is 18.1 Å². The largest absolute Gasteiger partial charge is 0.466 e. The summed E-state index contributed by atoms with van der Waals surface area (Å²) >= 11 is 6.22. The number of carbonyl (C=O) groups excluding carboxylic acids is 1. The van der Waals surface area contributed by atoms with E-state index in [0.717, 1.165) is 11.1 Å². The van der Waals surface area contributed by atoms with E-state index in [1.54, 1.807) is 6.07 Å². The van der Waals surface area contributed by atoms with Crippen molar-refractivity contribution in [2.24, 2.45) is 0 Å². The van der Waals surface area contributed by atoms with Gasteiger partial charge in [0.25, 0.3) is 0 Å². The third-order valence-corrected chi connectivity index (χ3v) is 3.48. The van der Waals surface area contributed by atoms with Gasteiger partial charge in [-0.15, -0.1) is 0 Å². The fraction of sp³-hybridized carbons (Fsp3) is 0.235. The first-order chi connectivity index (χ1) is 9.72. The highest BCUT2D eigenvalue weighted by atomic mass is 35.5. The van der Waals surface area contributed by atoms with Crippen molar-refractivity contribution >= 4 is 17.6 Å². The molecule has 0 bridgehead atoms. The number of benzene rings is 2. The average molecular weight is 289 g/mol. The molecule has 1 atom stereocenters. The van der Waals surface area contributed by atoms with Crippen LogP contribution in [0.1, 0.15) is 24.0 Å². The summed E-state index contributed by atoms with van der Waals surface area (Å²) in [6, 6.07) is 17.3. The lowest BCUT2D eigenvalue weighted by atomic mass is 9.92. The van der Waals surface area contributed by atoms with Gasteiger partial charge in [0.1, 0.15) is 0 Å². The van der Waals surface area contributed by atoms with Gasteiger partial charge >= 0.3 is 5.97 Å². The van der Waals surface area contributed by atoms with Crippen LogP contribution in [0.2, 0.25) is 5.02 Å². The topological polar surface area (TPSA) is 26.3 Å². The maximum atomic E-state index is 12.2. The van der Waals surface area contributed by atoms with Crippen molar-refractivity contribution in [3.63, 3.8) is 0 Å². The molecule has 0 saturated carbocycles. The van der Waals surface area contributed by atoms with Crippen molar-refractivity contribution in [3.05, 3.63) is 70.7 Å². The maximum absolute atomic E-state index is 12.2. The summed E-state index contributed by atoms with van der Waals surface area (Å²) in [5.74, 6) is -0.601. The molecule has 0 saturated heterocycles. The van der Waals surface area contributed by atoms with Crippen LogP contribution in [0, 0.1) is 0 Å². The van der Waals surface area contributed by atoms with Crippen molar-refractivity contribution < 1.29 is 9.53 Å². The summed E-state index contributed by atoms with van der Waals surface area (Å²) in [5, 5.41) is 0.599. The van der Waals surface area contributed by atoms with Crippen LogP contribution in [0.4, 0.5) is 0 Å². The Morgan fingerprint density at radius 2 is 1.75 bits per heavy atom. The number of esters is 1. The van der Waals surface area contributed by atoms with E-state index in [1.807, 2.05) is 55.5 Å². The highest BCUT2D eigenvalue weighted by Crippen LogP contribution is 2.28. The molecule has 0 heterocycles. The molecule has 0 aliphatic heterocycles. The number of halogens is 1. The van der Waals surface area contributed by atoms with Crippen LogP contribution >= 0.6 is 11.6 Å². The summed E-state index contributed by atoms with van der Waals surface area (Å²) in [6.07, 6.45) is 0.587. The minimum absolute atomic E-state index is 0.232. The number of hydrogen-bond acceptors (Lipinski definition) is 2. The molecular weight excluding hydrogens is 272 g/mol. The van der Waals surface area contributed by atoms with E-state index in [4.69, 9.17) is 16.3 Å². The van der Waals surface area contributed by atoms with Crippen molar-refractivity contribution in [3.8, 4) is 0 Å². The number of hydrogen-bond donors (Lipinski definition) is 0. The van der Waals surface area contributed by atoms with Crippen molar-refractivity contribution in [1.82, 2.24) is 0 Å². The zero-order valence-electron chi connectivity index (χ0n) is 11.4. The molecule has 2 aromatic rings. The molecule has 0 aliphatic rings. The SMILES string of the molecule is CCOC(=O)C(Cc1ccccc1)c1ccccc1Cl. The summed E-state index contributed by atoms with van der Waals surface area (Å²) in [5.41, 5.74) is 1.90. The first-order valence-corrected chi connectivity index (χ1v) is 7.05. The van der Waals surface area contributed by atoms with Gasteiger partial charge in [-0.1, -0.05) is 60.1 Å². The van der Waals surface area contributed by atoms with Gasteiger partial charge in [0, 0.05) is 5.02 Å². The Kier molecular flexibility index (Phi) is 5.19. The summed E-state index contributed by atoms with van der Waals surface area (Å²) < 4.78 is 5.19. The molecule has 2 nitrogen and oxygen atoms in total. The van der Waals surface area contributed by atoms with Crippen LogP contribution in [-0.4, -0.2) is 12.6 Å². The first kappa shape index (κ1) is 14.6. The minimum Gasteiger partial charge on any atom is -0.466 e. The molecule has 104 valence electrons. The molecule has 2 rings (SSSR count). The van der Waals surface area contributed by atoms with Crippen molar-refractivity contribution in [1.29, 1.82) is 0 Å². The van der Waals surface area contributed by atoms with Gasteiger partial charge in [0.15, 0.2) is 0 Å². The Hall–Kier alpha value is -1.80. The zero-order valence-corrected chi connectivity index (χ0v) is 12.1. The second-order valence-electron chi connectivity index (χ2n) is 4.52. The predicted molar refractivity (Wildman–Crippen MR) is 81.0 cm³/mol. The molecule has 0 aliphatic carbocycles. The monoisotopic (exact) mass is 288 g/mol. The van der Waals surface area contributed by atoms with E-state index < -0.39 is 0 Å². The van der Waals surface area contributed by atoms with Gasteiger partial charge in [-0.2, -0.15) is 0 Å². The molecule has 0 fully saturated rings. The molecule has 20 heavy (non-hydrogen) atoms. The fourth-order valence-corrected chi connectivity index (χ4v) is 2.44. The summed E-state index contributed by atoms with van der Waals surface area (Å²) in [6.45, 7) is 2.18. The van der Waals surface area contributed by atoms with E-state index in [-0.39, 0.29) is 11.9 Å². The smallest absolute Gasteiger partial charge is 0.313 e. The number of ether oxygens (including phenoxy) is 1. The zero-order chi connectivity index (χ0) is 14.4. The quantitative estimate of drug-likeness (QED) is 0.770.